The van der Waals surface area contributed by atoms with Gasteiger partial charge in [-0.05, 0) is 25.0 Å². The van der Waals surface area contributed by atoms with Crippen LogP contribution in [0.1, 0.15) is 35.3 Å². The summed E-state index contributed by atoms with van der Waals surface area (Å²) in [6, 6.07) is 5.50. The van der Waals surface area contributed by atoms with Gasteiger partial charge in [-0.1, -0.05) is 13.0 Å². The first-order valence-corrected chi connectivity index (χ1v) is 4.76. The summed E-state index contributed by atoms with van der Waals surface area (Å²) in [6.07, 6.45) is 0.747. The Morgan fingerprint density at radius 2 is 2.20 bits per heavy atom. The SMILES string of the molecule is CCc1ccc(C#N)c(OC)c1C(C)=O. The number of methoxy groups -OCH3 is 1. The molecule has 0 aliphatic carbocycles. The van der Waals surface area contributed by atoms with Crippen LogP contribution in [0.2, 0.25) is 0 Å². The van der Waals surface area contributed by atoms with Crippen molar-refractivity contribution in [2.24, 2.45) is 0 Å². The standard InChI is InChI=1S/C12H13NO2/c1-4-9-5-6-10(7-13)12(15-3)11(9)8(2)14/h5-6H,4H2,1-3H3. The minimum atomic E-state index is -0.0687. The predicted octanol–water partition coefficient (Wildman–Crippen LogP) is 2.33. The van der Waals surface area contributed by atoms with Gasteiger partial charge in [0.15, 0.2) is 5.78 Å². The summed E-state index contributed by atoms with van der Waals surface area (Å²) in [5.74, 6) is 0.324. The van der Waals surface area contributed by atoms with Crippen molar-refractivity contribution in [2.75, 3.05) is 7.11 Å². The maximum atomic E-state index is 11.5. The molecule has 1 rings (SSSR count). The van der Waals surface area contributed by atoms with Gasteiger partial charge in [-0.15, -0.1) is 0 Å². The molecule has 0 radical (unpaired) electrons. The Hall–Kier alpha value is -1.82. The zero-order valence-electron chi connectivity index (χ0n) is 9.13. The highest BCUT2D eigenvalue weighted by Crippen LogP contribution is 2.27. The minimum Gasteiger partial charge on any atom is -0.495 e. The first-order chi connectivity index (χ1) is 7.15. The van der Waals surface area contributed by atoms with Gasteiger partial charge in [0.25, 0.3) is 0 Å². The number of hydrogen-bond donors (Lipinski definition) is 0. The molecule has 0 N–H and O–H groups in total. The predicted molar refractivity (Wildman–Crippen MR) is 57.1 cm³/mol. The molecule has 0 atom stereocenters. The normalized spacial score (nSPS) is 9.47. The van der Waals surface area contributed by atoms with Gasteiger partial charge >= 0.3 is 0 Å². The van der Waals surface area contributed by atoms with Gasteiger partial charge in [0.2, 0.25) is 0 Å². The summed E-state index contributed by atoms with van der Waals surface area (Å²) in [7, 11) is 1.47. The molecule has 0 unspecified atom stereocenters. The largest absolute Gasteiger partial charge is 0.495 e. The van der Waals surface area contributed by atoms with E-state index in [1.165, 1.54) is 14.0 Å². The molecule has 0 spiro atoms. The number of rotatable bonds is 3. The molecule has 3 heteroatoms. The molecular weight excluding hydrogens is 190 g/mol. The maximum Gasteiger partial charge on any atom is 0.163 e. The summed E-state index contributed by atoms with van der Waals surface area (Å²) in [4.78, 5) is 11.5. The molecule has 0 aliphatic heterocycles. The van der Waals surface area contributed by atoms with Crippen LogP contribution < -0.4 is 4.74 Å². The molecule has 0 aromatic heterocycles. The van der Waals surface area contributed by atoms with Crippen molar-refractivity contribution >= 4 is 5.78 Å². The second kappa shape index (κ2) is 4.61. The van der Waals surface area contributed by atoms with E-state index < -0.39 is 0 Å². The average Bonchev–Trinajstić information content (AvgIpc) is 2.26. The Labute approximate surface area is 89.3 Å². The molecule has 0 bridgehead atoms. The minimum absolute atomic E-state index is 0.0687. The molecule has 0 fully saturated rings. The lowest BCUT2D eigenvalue weighted by Crippen LogP contribution is -2.04. The Morgan fingerprint density at radius 3 is 2.60 bits per heavy atom. The molecule has 78 valence electrons. The molecule has 3 nitrogen and oxygen atoms in total. The topological polar surface area (TPSA) is 50.1 Å². The molecule has 0 amide bonds. The van der Waals surface area contributed by atoms with Crippen LogP contribution in [0.25, 0.3) is 0 Å². The highest BCUT2D eigenvalue weighted by atomic mass is 16.5. The van der Waals surface area contributed by atoms with E-state index in [4.69, 9.17) is 10.00 Å². The molecule has 1 aromatic rings. The summed E-state index contributed by atoms with van der Waals surface area (Å²) >= 11 is 0. The zero-order valence-corrected chi connectivity index (χ0v) is 9.13. The maximum absolute atomic E-state index is 11.5. The number of carbonyl (C=O) groups is 1. The van der Waals surface area contributed by atoms with E-state index in [9.17, 15) is 4.79 Å². The van der Waals surface area contributed by atoms with Gasteiger partial charge in [-0.2, -0.15) is 5.26 Å². The van der Waals surface area contributed by atoms with Crippen molar-refractivity contribution < 1.29 is 9.53 Å². The number of aryl methyl sites for hydroxylation is 1. The van der Waals surface area contributed by atoms with Crippen LogP contribution in [0.5, 0.6) is 5.75 Å². The molecule has 0 saturated carbocycles. The second-order valence-corrected chi connectivity index (χ2v) is 3.20. The number of hydrogen-bond acceptors (Lipinski definition) is 3. The van der Waals surface area contributed by atoms with Crippen molar-refractivity contribution in [2.45, 2.75) is 20.3 Å². The van der Waals surface area contributed by atoms with E-state index in [0.717, 1.165) is 12.0 Å². The van der Waals surface area contributed by atoms with Crippen LogP contribution in [0.4, 0.5) is 0 Å². The number of ether oxygens (including phenoxy) is 1. The third-order valence-corrected chi connectivity index (χ3v) is 2.30. The summed E-state index contributed by atoms with van der Waals surface area (Å²) in [6.45, 7) is 3.45. The third kappa shape index (κ3) is 1.99. The lowest BCUT2D eigenvalue weighted by molar-refractivity contribution is 0.101. The van der Waals surface area contributed by atoms with Gasteiger partial charge < -0.3 is 4.74 Å². The van der Waals surface area contributed by atoms with Gasteiger partial charge in [-0.3, -0.25) is 4.79 Å². The Morgan fingerprint density at radius 1 is 1.53 bits per heavy atom. The first-order valence-electron chi connectivity index (χ1n) is 4.76. The second-order valence-electron chi connectivity index (χ2n) is 3.20. The average molecular weight is 203 g/mol. The van der Waals surface area contributed by atoms with Crippen molar-refractivity contribution in [3.05, 3.63) is 28.8 Å². The Bertz CT molecular complexity index is 430. The van der Waals surface area contributed by atoms with Gasteiger partial charge in [0.1, 0.15) is 11.8 Å². The van der Waals surface area contributed by atoms with Crippen LogP contribution in [-0.2, 0) is 6.42 Å². The monoisotopic (exact) mass is 203 g/mol. The summed E-state index contributed by atoms with van der Waals surface area (Å²) < 4.78 is 5.13. The van der Waals surface area contributed by atoms with Crippen molar-refractivity contribution in [1.82, 2.24) is 0 Å². The number of ketones is 1. The van der Waals surface area contributed by atoms with Crippen LogP contribution in [0.3, 0.4) is 0 Å². The van der Waals surface area contributed by atoms with E-state index >= 15 is 0 Å². The third-order valence-electron chi connectivity index (χ3n) is 2.30. The Balaban J connectivity index is 3.53. The fourth-order valence-electron chi connectivity index (χ4n) is 1.60. The van der Waals surface area contributed by atoms with Gasteiger partial charge in [0.05, 0.1) is 18.2 Å². The van der Waals surface area contributed by atoms with E-state index in [1.54, 1.807) is 12.1 Å². The van der Waals surface area contributed by atoms with Crippen LogP contribution >= 0.6 is 0 Å². The number of carbonyl (C=O) groups excluding carboxylic acids is 1. The number of nitrogens with zero attached hydrogens (tertiary/aromatic N) is 1. The van der Waals surface area contributed by atoms with Crippen LogP contribution in [0, 0.1) is 11.3 Å². The molecule has 1 aromatic carbocycles. The van der Waals surface area contributed by atoms with Crippen molar-refractivity contribution in [3.8, 4) is 11.8 Å². The molecule has 15 heavy (non-hydrogen) atoms. The van der Waals surface area contributed by atoms with Crippen molar-refractivity contribution in [3.63, 3.8) is 0 Å². The van der Waals surface area contributed by atoms with Crippen molar-refractivity contribution in [1.29, 1.82) is 5.26 Å². The van der Waals surface area contributed by atoms with E-state index in [2.05, 4.69) is 0 Å². The molecule has 0 heterocycles. The molecule has 0 saturated heterocycles. The first kappa shape index (κ1) is 11.3. The van der Waals surface area contributed by atoms with E-state index in [0.29, 0.717) is 16.9 Å². The van der Waals surface area contributed by atoms with Gasteiger partial charge in [0, 0.05) is 0 Å². The zero-order chi connectivity index (χ0) is 11.4. The van der Waals surface area contributed by atoms with Crippen LogP contribution in [0.15, 0.2) is 12.1 Å². The lowest BCUT2D eigenvalue weighted by atomic mass is 9.98. The number of nitriles is 1. The highest BCUT2D eigenvalue weighted by molar-refractivity contribution is 5.99. The smallest absolute Gasteiger partial charge is 0.163 e. The lowest BCUT2D eigenvalue weighted by Gasteiger charge is -2.11. The van der Waals surface area contributed by atoms with E-state index in [1.807, 2.05) is 13.0 Å². The number of benzene rings is 1. The van der Waals surface area contributed by atoms with Crippen LogP contribution in [-0.4, -0.2) is 12.9 Å². The Kier molecular flexibility index (Phi) is 3.46. The highest BCUT2D eigenvalue weighted by Gasteiger charge is 2.16. The fraction of sp³-hybridized carbons (Fsp3) is 0.333. The fourth-order valence-corrected chi connectivity index (χ4v) is 1.60. The summed E-state index contributed by atoms with van der Waals surface area (Å²) in [5.41, 5.74) is 1.84. The van der Waals surface area contributed by atoms with E-state index in [-0.39, 0.29) is 5.78 Å². The molecule has 0 aliphatic rings. The quantitative estimate of drug-likeness (QED) is 0.708. The van der Waals surface area contributed by atoms with Gasteiger partial charge in [-0.25, -0.2) is 0 Å². The number of Topliss-reactive ketones (excluding diaryl/α,β-unsaturated/α-hetero) is 1. The summed E-state index contributed by atoms with van der Waals surface area (Å²) in [5, 5.41) is 8.88. The molecular formula is C12H13NO2.